The molecule has 0 unspecified atom stereocenters. The number of ether oxygens (including phenoxy) is 3. The van der Waals surface area contributed by atoms with Crippen molar-refractivity contribution in [3.8, 4) is 17.2 Å². The lowest BCUT2D eigenvalue weighted by atomic mass is 10.2. The molecule has 0 fully saturated rings. The van der Waals surface area contributed by atoms with Crippen molar-refractivity contribution in [2.45, 2.75) is 20.0 Å². The average Bonchev–Trinajstić information content (AvgIpc) is 2.70. The first-order valence-electron chi connectivity index (χ1n) is 9.00. The Labute approximate surface area is 168 Å². The number of benzene rings is 2. The van der Waals surface area contributed by atoms with E-state index < -0.39 is 29.1 Å². The molecule has 158 valence electrons. The summed E-state index contributed by atoms with van der Waals surface area (Å²) >= 11 is 0. The number of hydrogen-bond donors (Lipinski definition) is 0. The van der Waals surface area contributed by atoms with Gasteiger partial charge in [0, 0.05) is 6.07 Å². The zero-order chi connectivity index (χ0) is 21.9. The van der Waals surface area contributed by atoms with E-state index in [9.17, 15) is 22.8 Å². The fourth-order valence-corrected chi connectivity index (χ4v) is 2.68. The second-order valence-corrected chi connectivity index (χ2v) is 6.03. The fraction of sp³-hybridized carbons (Fsp3) is 0.238. The van der Waals surface area contributed by atoms with Gasteiger partial charge >= 0.3 is 12.1 Å². The van der Waals surface area contributed by atoms with Crippen molar-refractivity contribution >= 4 is 16.9 Å². The molecule has 3 rings (SSSR count). The van der Waals surface area contributed by atoms with Gasteiger partial charge in [0.05, 0.1) is 24.2 Å². The van der Waals surface area contributed by atoms with Crippen molar-refractivity contribution in [3.63, 3.8) is 0 Å². The van der Waals surface area contributed by atoms with Crippen LogP contribution in [-0.2, 0) is 10.9 Å². The van der Waals surface area contributed by atoms with Crippen molar-refractivity contribution in [1.29, 1.82) is 0 Å². The Kier molecular flexibility index (Phi) is 6.00. The van der Waals surface area contributed by atoms with Gasteiger partial charge in [-0.1, -0.05) is 0 Å². The molecule has 0 radical (unpaired) electrons. The van der Waals surface area contributed by atoms with Gasteiger partial charge in [-0.3, -0.25) is 4.79 Å². The van der Waals surface area contributed by atoms with Crippen LogP contribution in [0.2, 0.25) is 0 Å². The predicted octanol–water partition coefficient (Wildman–Crippen LogP) is 5.18. The molecule has 0 amide bonds. The zero-order valence-electron chi connectivity index (χ0n) is 16.0. The number of hydrogen-bond acceptors (Lipinski definition) is 6. The van der Waals surface area contributed by atoms with Crippen molar-refractivity contribution in [2.75, 3.05) is 13.2 Å². The lowest BCUT2D eigenvalue weighted by Crippen LogP contribution is -2.15. The Balaban J connectivity index is 2.06. The number of carbonyl (C=O) groups excluding carboxylic acids is 1. The molecule has 1 aromatic heterocycles. The molecule has 0 spiro atoms. The zero-order valence-corrected chi connectivity index (χ0v) is 16.0. The molecule has 3 aromatic rings. The van der Waals surface area contributed by atoms with Gasteiger partial charge in [-0.25, -0.2) is 4.79 Å². The third-order valence-corrected chi connectivity index (χ3v) is 3.98. The van der Waals surface area contributed by atoms with Crippen LogP contribution >= 0.6 is 0 Å². The third-order valence-electron chi connectivity index (χ3n) is 3.98. The van der Waals surface area contributed by atoms with Gasteiger partial charge in [-0.2, -0.15) is 13.2 Å². The third kappa shape index (κ3) is 4.40. The van der Waals surface area contributed by atoms with E-state index in [4.69, 9.17) is 18.6 Å². The molecular formula is C21H17F3O6. The van der Waals surface area contributed by atoms with Crippen LogP contribution in [0, 0.1) is 0 Å². The monoisotopic (exact) mass is 422 g/mol. The van der Waals surface area contributed by atoms with Gasteiger partial charge in [0.25, 0.3) is 5.76 Å². The molecule has 0 aliphatic heterocycles. The highest BCUT2D eigenvalue weighted by molar-refractivity contribution is 5.89. The number of carbonyl (C=O) groups is 1. The molecule has 6 nitrogen and oxygen atoms in total. The maximum Gasteiger partial charge on any atom is 0.453 e. The Morgan fingerprint density at radius 3 is 2.27 bits per heavy atom. The van der Waals surface area contributed by atoms with Crippen LogP contribution in [0.4, 0.5) is 13.2 Å². The van der Waals surface area contributed by atoms with Crippen LogP contribution < -0.4 is 14.9 Å². The highest BCUT2D eigenvalue weighted by atomic mass is 19.4. The fourth-order valence-electron chi connectivity index (χ4n) is 2.68. The van der Waals surface area contributed by atoms with Gasteiger partial charge in [0.1, 0.15) is 17.1 Å². The molecule has 1 heterocycles. The Morgan fingerprint density at radius 2 is 1.67 bits per heavy atom. The second kappa shape index (κ2) is 8.48. The van der Waals surface area contributed by atoms with Crippen LogP contribution in [0.5, 0.6) is 17.2 Å². The van der Waals surface area contributed by atoms with E-state index in [-0.39, 0.29) is 34.6 Å². The predicted molar refractivity (Wildman–Crippen MR) is 101 cm³/mol. The van der Waals surface area contributed by atoms with E-state index in [1.165, 1.54) is 42.5 Å². The molecule has 0 N–H and O–H groups in total. The minimum Gasteiger partial charge on any atom is -0.494 e. The van der Waals surface area contributed by atoms with Gasteiger partial charge in [-0.15, -0.1) is 0 Å². The van der Waals surface area contributed by atoms with Crippen molar-refractivity contribution in [1.82, 2.24) is 0 Å². The summed E-state index contributed by atoms with van der Waals surface area (Å²) in [5.41, 5.74) is -1.07. The number of halogens is 3. The number of alkyl halides is 3. The first kappa shape index (κ1) is 21.2. The quantitative estimate of drug-likeness (QED) is 0.510. The summed E-state index contributed by atoms with van der Waals surface area (Å²) in [6.45, 7) is 3.83. The molecule has 0 bridgehead atoms. The van der Waals surface area contributed by atoms with Crippen LogP contribution in [0.25, 0.3) is 11.0 Å². The first-order chi connectivity index (χ1) is 14.2. The van der Waals surface area contributed by atoms with Crippen LogP contribution in [-0.4, -0.2) is 19.2 Å². The maximum absolute atomic E-state index is 13.6. The minimum atomic E-state index is -4.98. The highest BCUT2D eigenvalue weighted by Crippen LogP contribution is 2.38. The molecule has 0 saturated heterocycles. The summed E-state index contributed by atoms with van der Waals surface area (Å²) in [5.74, 6) is -2.96. The molecule has 30 heavy (non-hydrogen) atoms. The van der Waals surface area contributed by atoms with Crippen LogP contribution in [0.1, 0.15) is 30.0 Å². The molecule has 0 aliphatic carbocycles. The minimum absolute atomic E-state index is 0.0777. The lowest BCUT2D eigenvalue weighted by Gasteiger charge is -2.14. The van der Waals surface area contributed by atoms with Gasteiger partial charge < -0.3 is 18.6 Å². The number of esters is 1. The Hall–Kier alpha value is -3.49. The van der Waals surface area contributed by atoms with Gasteiger partial charge in [0.2, 0.25) is 11.2 Å². The average molecular weight is 422 g/mol. The normalized spacial score (nSPS) is 11.4. The summed E-state index contributed by atoms with van der Waals surface area (Å²) in [6.07, 6.45) is -4.98. The van der Waals surface area contributed by atoms with Crippen molar-refractivity contribution in [3.05, 3.63) is 64.0 Å². The maximum atomic E-state index is 13.6. The largest absolute Gasteiger partial charge is 0.494 e. The number of fused-ring (bicyclic) bond motifs is 1. The van der Waals surface area contributed by atoms with Gasteiger partial charge in [-0.05, 0) is 50.2 Å². The Morgan fingerprint density at radius 1 is 1.00 bits per heavy atom. The summed E-state index contributed by atoms with van der Waals surface area (Å²) in [6, 6.07) is 9.13. The standard InChI is InChI=1S/C21H17F3O6/c1-3-27-14-9-10-15-16(11-14)30-19(21(22,23)24)18(17(15)25)29-13-7-5-12(6-8-13)20(26)28-4-2/h5-11H,3-4H2,1-2H3. The summed E-state index contributed by atoms with van der Waals surface area (Å²) in [7, 11) is 0. The topological polar surface area (TPSA) is 75.0 Å². The molecule has 0 aliphatic rings. The lowest BCUT2D eigenvalue weighted by molar-refractivity contribution is -0.154. The van der Waals surface area contributed by atoms with E-state index in [0.717, 1.165) is 0 Å². The van der Waals surface area contributed by atoms with E-state index in [2.05, 4.69) is 0 Å². The molecule has 9 heteroatoms. The van der Waals surface area contributed by atoms with E-state index in [1.54, 1.807) is 13.8 Å². The molecule has 0 saturated carbocycles. The van der Waals surface area contributed by atoms with Crippen molar-refractivity contribution in [2.24, 2.45) is 0 Å². The van der Waals surface area contributed by atoms with E-state index in [1.807, 2.05) is 0 Å². The summed E-state index contributed by atoms with van der Waals surface area (Å²) in [5, 5.41) is -0.0930. The smallest absolute Gasteiger partial charge is 0.453 e. The molecule has 0 atom stereocenters. The highest BCUT2D eigenvalue weighted by Gasteiger charge is 2.40. The first-order valence-corrected chi connectivity index (χ1v) is 9.00. The summed E-state index contributed by atoms with van der Waals surface area (Å²) < 4.78 is 61.0. The summed E-state index contributed by atoms with van der Waals surface area (Å²) in [4.78, 5) is 24.4. The van der Waals surface area contributed by atoms with Crippen LogP contribution in [0.15, 0.2) is 51.7 Å². The molecule has 2 aromatic carbocycles. The van der Waals surface area contributed by atoms with E-state index >= 15 is 0 Å². The Bertz CT molecular complexity index is 1120. The van der Waals surface area contributed by atoms with Crippen LogP contribution in [0.3, 0.4) is 0 Å². The molecular weight excluding hydrogens is 405 g/mol. The van der Waals surface area contributed by atoms with Crippen molar-refractivity contribution < 1.29 is 36.6 Å². The second-order valence-electron chi connectivity index (χ2n) is 6.03. The SMILES string of the molecule is CCOC(=O)c1ccc(Oc2c(C(F)(F)F)oc3cc(OCC)ccc3c2=O)cc1. The number of rotatable bonds is 6. The van der Waals surface area contributed by atoms with Gasteiger partial charge in [0.15, 0.2) is 0 Å². The van der Waals surface area contributed by atoms with E-state index in [0.29, 0.717) is 6.61 Å².